The molecule has 2 N–H and O–H groups in total. The highest BCUT2D eigenvalue weighted by atomic mass is 15.1. The summed E-state index contributed by atoms with van der Waals surface area (Å²) in [7, 11) is 0. The lowest BCUT2D eigenvalue weighted by Crippen LogP contribution is -2.46. The van der Waals surface area contributed by atoms with Gasteiger partial charge in [0.2, 0.25) is 0 Å². The standard InChI is InChI=1S/C17H34N2/c1-4-5-14-6-7-16(18)15(12-14)13-19-10-8-17(2,3)9-11-19/h14-16H,4-13,18H2,1-3H3. The SMILES string of the molecule is CCCC1CCC(N)C(CN2CCC(C)(C)CC2)C1. The maximum Gasteiger partial charge on any atom is 0.00795 e. The highest BCUT2D eigenvalue weighted by Gasteiger charge is 2.31. The van der Waals surface area contributed by atoms with Crippen LogP contribution in [0, 0.1) is 17.3 Å². The molecule has 2 fully saturated rings. The third-order valence-electron chi connectivity index (χ3n) is 5.55. The van der Waals surface area contributed by atoms with E-state index < -0.39 is 0 Å². The summed E-state index contributed by atoms with van der Waals surface area (Å²) in [6.07, 6.45) is 9.48. The molecule has 0 aromatic heterocycles. The Morgan fingerprint density at radius 2 is 1.84 bits per heavy atom. The molecule has 2 nitrogen and oxygen atoms in total. The van der Waals surface area contributed by atoms with Crippen LogP contribution in [0.25, 0.3) is 0 Å². The van der Waals surface area contributed by atoms with Gasteiger partial charge in [-0.15, -0.1) is 0 Å². The van der Waals surface area contributed by atoms with Crippen molar-refractivity contribution in [2.75, 3.05) is 19.6 Å². The average Bonchev–Trinajstić information content (AvgIpc) is 2.36. The van der Waals surface area contributed by atoms with Crippen LogP contribution >= 0.6 is 0 Å². The van der Waals surface area contributed by atoms with Crippen LogP contribution in [0.5, 0.6) is 0 Å². The Morgan fingerprint density at radius 1 is 1.16 bits per heavy atom. The molecule has 0 spiro atoms. The minimum atomic E-state index is 0.461. The normalized spacial score (nSPS) is 36.3. The molecule has 2 heteroatoms. The van der Waals surface area contributed by atoms with Gasteiger partial charge in [-0.05, 0) is 62.4 Å². The summed E-state index contributed by atoms with van der Waals surface area (Å²) in [4.78, 5) is 2.68. The molecule has 112 valence electrons. The van der Waals surface area contributed by atoms with E-state index in [2.05, 4.69) is 25.7 Å². The molecule has 0 aromatic carbocycles. The molecule has 1 aliphatic carbocycles. The fourth-order valence-electron chi connectivity index (χ4n) is 3.94. The molecular weight excluding hydrogens is 232 g/mol. The Balaban J connectivity index is 1.80. The Kier molecular flexibility index (Phi) is 5.30. The summed E-state index contributed by atoms with van der Waals surface area (Å²) in [6, 6.07) is 0.461. The molecule has 1 heterocycles. The second kappa shape index (κ2) is 6.58. The molecular formula is C17H34N2. The third kappa shape index (κ3) is 4.46. The summed E-state index contributed by atoms with van der Waals surface area (Å²) in [5.74, 6) is 1.71. The molecule has 3 atom stereocenters. The van der Waals surface area contributed by atoms with E-state index >= 15 is 0 Å². The zero-order valence-corrected chi connectivity index (χ0v) is 13.3. The molecule has 3 unspecified atom stereocenters. The van der Waals surface area contributed by atoms with Crippen molar-refractivity contribution in [3.05, 3.63) is 0 Å². The van der Waals surface area contributed by atoms with Gasteiger partial charge >= 0.3 is 0 Å². The van der Waals surface area contributed by atoms with Crippen LogP contribution in [0.15, 0.2) is 0 Å². The van der Waals surface area contributed by atoms with Crippen molar-refractivity contribution in [1.82, 2.24) is 4.90 Å². The van der Waals surface area contributed by atoms with Gasteiger partial charge in [-0.2, -0.15) is 0 Å². The minimum absolute atomic E-state index is 0.461. The van der Waals surface area contributed by atoms with Crippen molar-refractivity contribution >= 4 is 0 Å². The van der Waals surface area contributed by atoms with E-state index in [1.54, 1.807) is 0 Å². The maximum atomic E-state index is 6.38. The molecule has 0 radical (unpaired) electrons. The van der Waals surface area contributed by atoms with Gasteiger partial charge < -0.3 is 10.6 Å². The molecule has 2 aliphatic rings. The molecule has 0 bridgehead atoms. The van der Waals surface area contributed by atoms with E-state index in [0.717, 1.165) is 11.8 Å². The first-order valence-corrected chi connectivity index (χ1v) is 8.48. The topological polar surface area (TPSA) is 29.3 Å². The van der Waals surface area contributed by atoms with Crippen LogP contribution in [0.2, 0.25) is 0 Å². The molecule has 2 rings (SSSR count). The highest BCUT2D eigenvalue weighted by molar-refractivity contribution is 4.86. The fraction of sp³-hybridized carbons (Fsp3) is 1.00. The van der Waals surface area contributed by atoms with Gasteiger partial charge in [0, 0.05) is 12.6 Å². The first-order valence-electron chi connectivity index (χ1n) is 8.48. The van der Waals surface area contributed by atoms with Crippen molar-refractivity contribution in [2.45, 2.75) is 71.8 Å². The van der Waals surface area contributed by atoms with Crippen LogP contribution in [0.4, 0.5) is 0 Å². The van der Waals surface area contributed by atoms with Crippen molar-refractivity contribution in [2.24, 2.45) is 23.0 Å². The van der Waals surface area contributed by atoms with E-state index in [9.17, 15) is 0 Å². The zero-order valence-electron chi connectivity index (χ0n) is 13.3. The number of nitrogens with zero attached hydrogens (tertiary/aromatic N) is 1. The van der Waals surface area contributed by atoms with E-state index in [-0.39, 0.29) is 0 Å². The Bertz CT molecular complexity index is 264. The van der Waals surface area contributed by atoms with Crippen LogP contribution in [-0.4, -0.2) is 30.6 Å². The first-order chi connectivity index (χ1) is 9.00. The maximum absolute atomic E-state index is 6.38. The molecule has 0 aromatic rings. The van der Waals surface area contributed by atoms with Crippen molar-refractivity contribution in [1.29, 1.82) is 0 Å². The average molecular weight is 266 g/mol. The molecule has 19 heavy (non-hydrogen) atoms. The zero-order chi connectivity index (χ0) is 13.9. The van der Waals surface area contributed by atoms with E-state index in [1.165, 1.54) is 64.6 Å². The summed E-state index contributed by atoms with van der Waals surface area (Å²) >= 11 is 0. The Labute approximate surface area is 120 Å². The predicted molar refractivity (Wildman–Crippen MR) is 83.2 cm³/mol. The van der Waals surface area contributed by atoms with Gasteiger partial charge in [-0.25, -0.2) is 0 Å². The molecule has 0 amide bonds. The highest BCUT2D eigenvalue weighted by Crippen LogP contribution is 2.34. The van der Waals surface area contributed by atoms with Crippen molar-refractivity contribution in [3.63, 3.8) is 0 Å². The number of rotatable bonds is 4. The minimum Gasteiger partial charge on any atom is -0.327 e. The van der Waals surface area contributed by atoms with Gasteiger partial charge in [0.15, 0.2) is 0 Å². The van der Waals surface area contributed by atoms with Gasteiger partial charge in [0.1, 0.15) is 0 Å². The van der Waals surface area contributed by atoms with E-state index in [4.69, 9.17) is 5.73 Å². The lowest BCUT2D eigenvalue weighted by molar-refractivity contribution is 0.0925. The van der Waals surface area contributed by atoms with Crippen LogP contribution in [0.1, 0.15) is 65.7 Å². The molecule has 1 saturated heterocycles. The van der Waals surface area contributed by atoms with Crippen LogP contribution in [0.3, 0.4) is 0 Å². The van der Waals surface area contributed by atoms with E-state index in [1.807, 2.05) is 0 Å². The fourth-order valence-corrected chi connectivity index (χ4v) is 3.94. The third-order valence-corrected chi connectivity index (χ3v) is 5.55. The van der Waals surface area contributed by atoms with Crippen molar-refractivity contribution in [3.8, 4) is 0 Å². The predicted octanol–water partition coefficient (Wildman–Crippen LogP) is 3.65. The lowest BCUT2D eigenvalue weighted by Gasteiger charge is -2.41. The Morgan fingerprint density at radius 3 is 2.47 bits per heavy atom. The summed E-state index contributed by atoms with van der Waals surface area (Å²) < 4.78 is 0. The van der Waals surface area contributed by atoms with Crippen LogP contribution in [-0.2, 0) is 0 Å². The summed E-state index contributed by atoms with van der Waals surface area (Å²) in [6.45, 7) is 11.0. The van der Waals surface area contributed by atoms with Gasteiger partial charge in [0.05, 0.1) is 0 Å². The number of hydrogen-bond donors (Lipinski definition) is 1. The number of piperidine rings is 1. The second-order valence-electron chi connectivity index (χ2n) is 7.86. The van der Waals surface area contributed by atoms with Gasteiger partial charge in [-0.1, -0.05) is 33.6 Å². The lowest BCUT2D eigenvalue weighted by atomic mass is 9.76. The Hall–Kier alpha value is -0.0800. The van der Waals surface area contributed by atoms with E-state index in [0.29, 0.717) is 11.5 Å². The molecule has 1 aliphatic heterocycles. The quantitative estimate of drug-likeness (QED) is 0.841. The first kappa shape index (κ1) is 15.3. The smallest absolute Gasteiger partial charge is 0.00795 e. The summed E-state index contributed by atoms with van der Waals surface area (Å²) in [5, 5.41) is 0. The molecule has 1 saturated carbocycles. The number of hydrogen-bond acceptors (Lipinski definition) is 2. The number of likely N-dealkylation sites (tertiary alicyclic amines) is 1. The van der Waals surface area contributed by atoms with Crippen LogP contribution < -0.4 is 5.73 Å². The monoisotopic (exact) mass is 266 g/mol. The number of nitrogens with two attached hydrogens (primary N) is 1. The van der Waals surface area contributed by atoms with Gasteiger partial charge in [-0.3, -0.25) is 0 Å². The van der Waals surface area contributed by atoms with Crippen molar-refractivity contribution < 1.29 is 0 Å². The largest absolute Gasteiger partial charge is 0.327 e. The van der Waals surface area contributed by atoms with Gasteiger partial charge in [0.25, 0.3) is 0 Å². The second-order valence-corrected chi connectivity index (χ2v) is 7.86. The summed E-state index contributed by atoms with van der Waals surface area (Å²) in [5.41, 5.74) is 6.95.